The maximum atomic E-state index is 10.9. The summed E-state index contributed by atoms with van der Waals surface area (Å²) in [5.41, 5.74) is 1.55. The van der Waals surface area contributed by atoms with Gasteiger partial charge in [0.15, 0.2) is 0 Å². The van der Waals surface area contributed by atoms with Crippen LogP contribution in [-0.4, -0.2) is 18.1 Å². The van der Waals surface area contributed by atoms with Crippen molar-refractivity contribution in [3.05, 3.63) is 22.4 Å². The summed E-state index contributed by atoms with van der Waals surface area (Å²) >= 11 is 3.25. The van der Waals surface area contributed by atoms with E-state index in [9.17, 15) is 4.79 Å². The Morgan fingerprint density at radius 2 is 2.23 bits per heavy atom. The highest BCUT2D eigenvalue weighted by molar-refractivity contribution is 9.10. The summed E-state index contributed by atoms with van der Waals surface area (Å²) in [4.78, 5) is 15.1. The molecule has 2 amide bonds. The number of halogens is 1. The first kappa shape index (κ1) is 9.98. The monoisotopic (exact) mass is 243 g/mol. The van der Waals surface area contributed by atoms with Crippen LogP contribution in [0.3, 0.4) is 0 Å². The molecule has 0 aliphatic rings. The molecule has 0 atom stereocenters. The standard InChI is InChI=1S/C8H10BrN3O/c1-5-3-4-6(7(9)11-5)12-8(13)10-2/h3-4H,1-2H3,(H2,10,12,13). The van der Waals surface area contributed by atoms with Crippen LogP contribution in [0.25, 0.3) is 0 Å². The minimum Gasteiger partial charge on any atom is -0.341 e. The number of nitrogens with one attached hydrogen (secondary N) is 2. The van der Waals surface area contributed by atoms with E-state index in [0.717, 1.165) is 5.69 Å². The molecule has 0 spiro atoms. The van der Waals surface area contributed by atoms with Gasteiger partial charge in [-0.3, -0.25) is 0 Å². The number of carbonyl (C=O) groups is 1. The molecule has 1 rings (SSSR count). The molecular weight excluding hydrogens is 234 g/mol. The largest absolute Gasteiger partial charge is 0.341 e. The van der Waals surface area contributed by atoms with E-state index in [0.29, 0.717) is 10.3 Å². The molecule has 4 nitrogen and oxygen atoms in total. The summed E-state index contributed by atoms with van der Waals surface area (Å²) in [6, 6.07) is 3.36. The Labute approximate surface area is 84.9 Å². The normalized spacial score (nSPS) is 9.46. The SMILES string of the molecule is CNC(=O)Nc1ccc(C)nc1Br. The second kappa shape index (κ2) is 4.23. The molecule has 1 heterocycles. The smallest absolute Gasteiger partial charge is 0.319 e. The molecule has 0 bridgehead atoms. The fourth-order valence-corrected chi connectivity index (χ4v) is 1.31. The second-order valence-electron chi connectivity index (χ2n) is 2.50. The predicted molar refractivity (Wildman–Crippen MR) is 54.8 cm³/mol. The summed E-state index contributed by atoms with van der Waals surface area (Å²) < 4.78 is 0.635. The van der Waals surface area contributed by atoms with Gasteiger partial charge in [0, 0.05) is 12.7 Å². The van der Waals surface area contributed by atoms with Gasteiger partial charge in [-0.05, 0) is 35.0 Å². The third-order valence-electron chi connectivity index (χ3n) is 1.46. The van der Waals surface area contributed by atoms with Crippen molar-refractivity contribution in [3.8, 4) is 0 Å². The zero-order valence-electron chi connectivity index (χ0n) is 7.39. The zero-order chi connectivity index (χ0) is 9.84. The number of urea groups is 1. The van der Waals surface area contributed by atoms with Crippen LogP contribution >= 0.6 is 15.9 Å². The van der Waals surface area contributed by atoms with Crippen LogP contribution in [0.15, 0.2) is 16.7 Å². The van der Waals surface area contributed by atoms with Gasteiger partial charge >= 0.3 is 6.03 Å². The Morgan fingerprint density at radius 1 is 1.54 bits per heavy atom. The maximum absolute atomic E-state index is 10.9. The van der Waals surface area contributed by atoms with Crippen molar-refractivity contribution < 1.29 is 4.79 Å². The molecule has 0 unspecified atom stereocenters. The van der Waals surface area contributed by atoms with Crippen molar-refractivity contribution >= 4 is 27.6 Å². The molecule has 0 fully saturated rings. The van der Waals surface area contributed by atoms with Crippen LogP contribution in [0.5, 0.6) is 0 Å². The topological polar surface area (TPSA) is 54.0 Å². The van der Waals surface area contributed by atoms with Gasteiger partial charge in [0.05, 0.1) is 5.69 Å². The Bertz CT molecular complexity index is 327. The predicted octanol–water partition coefficient (Wildman–Crippen LogP) is 1.90. The zero-order valence-corrected chi connectivity index (χ0v) is 8.97. The molecule has 0 radical (unpaired) electrons. The van der Waals surface area contributed by atoms with Crippen LogP contribution in [-0.2, 0) is 0 Å². The van der Waals surface area contributed by atoms with Crippen LogP contribution in [0.2, 0.25) is 0 Å². The fourth-order valence-electron chi connectivity index (χ4n) is 0.803. The first-order valence-electron chi connectivity index (χ1n) is 3.75. The maximum Gasteiger partial charge on any atom is 0.319 e. The van der Waals surface area contributed by atoms with Crippen LogP contribution in [0, 0.1) is 6.92 Å². The molecule has 5 heteroatoms. The summed E-state index contributed by atoms with van der Waals surface area (Å²) in [6.45, 7) is 1.88. The highest BCUT2D eigenvalue weighted by Crippen LogP contribution is 2.19. The van der Waals surface area contributed by atoms with Crippen LogP contribution in [0.1, 0.15) is 5.69 Å². The summed E-state index contributed by atoms with van der Waals surface area (Å²) in [7, 11) is 1.56. The van der Waals surface area contributed by atoms with Crippen molar-refractivity contribution in [1.82, 2.24) is 10.3 Å². The molecule has 0 saturated heterocycles. The first-order chi connectivity index (χ1) is 6.13. The van der Waals surface area contributed by atoms with Gasteiger partial charge in [-0.15, -0.1) is 0 Å². The highest BCUT2D eigenvalue weighted by Gasteiger charge is 2.03. The minimum absolute atomic E-state index is 0.258. The third-order valence-corrected chi connectivity index (χ3v) is 2.07. The molecule has 1 aromatic heterocycles. The van der Waals surface area contributed by atoms with Crippen molar-refractivity contribution in [2.45, 2.75) is 6.92 Å². The number of hydrogen-bond donors (Lipinski definition) is 2. The van der Waals surface area contributed by atoms with Crippen molar-refractivity contribution in [3.63, 3.8) is 0 Å². The molecule has 2 N–H and O–H groups in total. The van der Waals surface area contributed by atoms with Gasteiger partial charge in [0.1, 0.15) is 4.60 Å². The van der Waals surface area contributed by atoms with Gasteiger partial charge in [-0.2, -0.15) is 0 Å². The lowest BCUT2D eigenvalue weighted by Gasteiger charge is -2.05. The molecule has 70 valence electrons. The Balaban J connectivity index is 2.83. The van der Waals surface area contributed by atoms with E-state index in [4.69, 9.17) is 0 Å². The lowest BCUT2D eigenvalue weighted by atomic mass is 10.3. The summed E-state index contributed by atoms with van der Waals surface area (Å²) in [5, 5.41) is 5.08. The number of aromatic nitrogens is 1. The molecule has 0 aromatic carbocycles. The van der Waals surface area contributed by atoms with Crippen LogP contribution in [0.4, 0.5) is 10.5 Å². The number of pyridine rings is 1. The van der Waals surface area contributed by atoms with Gasteiger partial charge in [-0.1, -0.05) is 0 Å². The minimum atomic E-state index is -0.258. The second-order valence-corrected chi connectivity index (χ2v) is 3.25. The van der Waals surface area contributed by atoms with E-state index in [1.165, 1.54) is 0 Å². The summed E-state index contributed by atoms with van der Waals surface area (Å²) in [5.74, 6) is 0. The Hall–Kier alpha value is -1.10. The number of nitrogens with zero attached hydrogens (tertiary/aromatic N) is 1. The Kier molecular flexibility index (Phi) is 3.25. The number of carbonyl (C=O) groups excluding carboxylic acids is 1. The lowest BCUT2D eigenvalue weighted by Crippen LogP contribution is -2.24. The number of anilines is 1. The van der Waals surface area contributed by atoms with E-state index in [-0.39, 0.29) is 6.03 Å². The number of aryl methyl sites for hydroxylation is 1. The van der Waals surface area contributed by atoms with Gasteiger partial charge in [-0.25, -0.2) is 9.78 Å². The van der Waals surface area contributed by atoms with E-state index in [1.807, 2.05) is 13.0 Å². The average Bonchev–Trinajstić information content (AvgIpc) is 2.09. The van der Waals surface area contributed by atoms with E-state index in [1.54, 1.807) is 13.1 Å². The molecule has 0 aliphatic heterocycles. The van der Waals surface area contributed by atoms with E-state index >= 15 is 0 Å². The molecular formula is C8H10BrN3O. The molecule has 0 saturated carbocycles. The lowest BCUT2D eigenvalue weighted by molar-refractivity contribution is 0.254. The number of amides is 2. The quantitative estimate of drug-likeness (QED) is 0.741. The fraction of sp³-hybridized carbons (Fsp3) is 0.250. The number of rotatable bonds is 1. The first-order valence-corrected chi connectivity index (χ1v) is 4.54. The van der Waals surface area contributed by atoms with Crippen molar-refractivity contribution in [2.75, 3.05) is 12.4 Å². The molecule has 1 aromatic rings. The third kappa shape index (κ3) is 2.69. The number of hydrogen-bond acceptors (Lipinski definition) is 2. The van der Waals surface area contributed by atoms with Crippen molar-refractivity contribution in [2.24, 2.45) is 0 Å². The Morgan fingerprint density at radius 3 is 2.77 bits per heavy atom. The molecule has 0 aliphatic carbocycles. The van der Waals surface area contributed by atoms with E-state index < -0.39 is 0 Å². The van der Waals surface area contributed by atoms with Gasteiger partial charge in [0.25, 0.3) is 0 Å². The highest BCUT2D eigenvalue weighted by atomic mass is 79.9. The summed E-state index contributed by atoms with van der Waals surface area (Å²) in [6.07, 6.45) is 0. The van der Waals surface area contributed by atoms with Gasteiger partial charge in [0.2, 0.25) is 0 Å². The van der Waals surface area contributed by atoms with Crippen molar-refractivity contribution in [1.29, 1.82) is 0 Å². The van der Waals surface area contributed by atoms with Gasteiger partial charge < -0.3 is 10.6 Å². The van der Waals surface area contributed by atoms with Crippen LogP contribution < -0.4 is 10.6 Å². The van der Waals surface area contributed by atoms with E-state index in [2.05, 4.69) is 31.5 Å². The average molecular weight is 244 g/mol. The molecule has 13 heavy (non-hydrogen) atoms.